The average molecular weight is 332 g/mol. The van der Waals surface area contributed by atoms with Gasteiger partial charge >= 0.3 is 0 Å². The molecule has 1 fully saturated rings. The molecule has 2 N–H and O–H groups in total. The van der Waals surface area contributed by atoms with E-state index < -0.39 is 6.10 Å². The van der Waals surface area contributed by atoms with Crippen LogP contribution >= 0.6 is 0 Å². The van der Waals surface area contributed by atoms with Crippen LogP contribution in [0.2, 0.25) is 0 Å². The van der Waals surface area contributed by atoms with Crippen LogP contribution in [0.15, 0.2) is 36.9 Å². The van der Waals surface area contributed by atoms with Gasteiger partial charge in [0.2, 0.25) is 0 Å². The summed E-state index contributed by atoms with van der Waals surface area (Å²) < 4.78 is 12.3. The molecule has 24 heavy (non-hydrogen) atoms. The fourth-order valence-electron chi connectivity index (χ4n) is 2.67. The molecule has 2 heterocycles. The Hall–Kier alpha value is -2.29. The SMILES string of the molecule is CO[C@@H]1COC[C@@H](CNC(=O)c2ccc(-n3cnnc3)cc2)[C@@H]1O. The van der Waals surface area contributed by atoms with Gasteiger partial charge in [-0.3, -0.25) is 9.36 Å². The molecule has 0 unspecified atom stereocenters. The van der Waals surface area contributed by atoms with Crippen molar-refractivity contribution in [2.24, 2.45) is 5.92 Å². The molecule has 0 aliphatic carbocycles. The number of nitrogens with one attached hydrogen (secondary N) is 1. The molecule has 2 aromatic rings. The van der Waals surface area contributed by atoms with Crippen molar-refractivity contribution in [3.8, 4) is 5.69 Å². The van der Waals surface area contributed by atoms with Gasteiger partial charge in [-0.25, -0.2) is 0 Å². The van der Waals surface area contributed by atoms with E-state index in [9.17, 15) is 9.90 Å². The van der Waals surface area contributed by atoms with Crippen molar-refractivity contribution in [2.45, 2.75) is 12.2 Å². The number of nitrogens with zero attached hydrogens (tertiary/aromatic N) is 3. The zero-order chi connectivity index (χ0) is 16.9. The normalized spacial score (nSPS) is 23.8. The Morgan fingerprint density at radius 2 is 2.04 bits per heavy atom. The fourth-order valence-corrected chi connectivity index (χ4v) is 2.67. The average Bonchev–Trinajstić information content (AvgIpc) is 3.15. The van der Waals surface area contributed by atoms with Gasteiger partial charge in [-0.05, 0) is 24.3 Å². The number of aliphatic hydroxyl groups is 1. The summed E-state index contributed by atoms with van der Waals surface area (Å²) >= 11 is 0. The Balaban J connectivity index is 1.57. The number of rotatable bonds is 5. The van der Waals surface area contributed by atoms with E-state index in [4.69, 9.17) is 9.47 Å². The molecule has 3 atom stereocenters. The molecule has 0 spiro atoms. The summed E-state index contributed by atoms with van der Waals surface area (Å²) in [5, 5.41) is 20.5. The van der Waals surface area contributed by atoms with Crippen LogP contribution in [0.4, 0.5) is 0 Å². The number of carbonyl (C=O) groups is 1. The third-order valence-corrected chi connectivity index (χ3v) is 4.15. The van der Waals surface area contributed by atoms with Gasteiger partial charge in [0.05, 0.1) is 19.3 Å². The van der Waals surface area contributed by atoms with Crippen molar-refractivity contribution >= 4 is 5.91 Å². The second-order valence-corrected chi connectivity index (χ2v) is 5.69. The number of hydrogen-bond acceptors (Lipinski definition) is 6. The van der Waals surface area contributed by atoms with Gasteiger partial charge in [0.25, 0.3) is 5.91 Å². The lowest BCUT2D eigenvalue weighted by molar-refractivity contribution is -0.132. The summed E-state index contributed by atoms with van der Waals surface area (Å²) in [7, 11) is 1.54. The summed E-state index contributed by atoms with van der Waals surface area (Å²) in [6.07, 6.45) is 2.17. The summed E-state index contributed by atoms with van der Waals surface area (Å²) in [5.41, 5.74) is 1.41. The first kappa shape index (κ1) is 16.6. The number of carbonyl (C=O) groups excluding carboxylic acids is 1. The Bertz CT molecular complexity index is 659. The highest BCUT2D eigenvalue weighted by Gasteiger charge is 2.32. The van der Waals surface area contributed by atoms with Gasteiger partial charge in [-0.15, -0.1) is 10.2 Å². The summed E-state index contributed by atoms with van der Waals surface area (Å²) in [5.74, 6) is -0.388. The summed E-state index contributed by atoms with van der Waals surface area (Å²) in [6, 6.07) is 7.10. The number of aromatic nitrogens is 3. The second kappa shape index (κ2) is 7.52. The largest absolute Gasteiger partial charge is 0.390 e. The van der Waals surface area contributed by atoms with Crippen LogP contribution in [-0.4, -0.2) is 64.9 Å². The van der Waals surface area contributed by atoms with Crippen molar-refractivity contribution in [1.29, 1.82) is 0 Å². The standard InChI is InChI=1S/C16H20N4O4/c1-23-14-8-24-7-12(15(14)21)6-17-16(22)11-2-4-13(5-3-11)20-9-18-19-10-20/h2-5,9-10,12,14-15,21H,6-8H2,1H3,(H,17,22)/t12-,14-,15+/m1/s1. The Labute approximate surface area is 139 Å². The lowest BCUT2D eigenvalue weighted by atomic mass is 9.96. The van der Waals surface area contributed by atoms with Crippen LogP contribution < -0.4 is 5.32 Å². The minimum absolute atomic E-state index is 0.191. The van der Waals surface area contributed by atoms with E-state index in [2.05, 4.69) is 15.5 Å². The zero-order valence-electron chi connectivity index (χ0n) is 13.3. The van der Waals surface area contributed by atoms with Crippen molar-refractivity contribution in [3.63, 3.8) is 0 Å². The van der Waals surface area contributed by atoms with Crippen molar-refractivity contribution < 1.29 is 19.4 Å². The molecule has 8 heteroatoms. The lowest BCUT2D eigenvalue weighted by Gasteiger charge is -2.33. The van der Waals surface area contributed by atoms with E-state index in [0.29, 0.717) is 25.3 Å². The van der Waals surface area contributed by atoms with Crippen LogP contribution in [0.1, 0.15) is 10.4 Å². The van der Waals surface area contributed by atoms with Gasteiger partial charge < -0.3 is 19.9 Å². The molecule has 1 saturated heterocycles. The van der Waals surface area contributed by atoms with Gasteiger partial charge in [-0.1, -0.05) is 0 Å². The maximum atomic E-state index is 12.2. The number of amides is 1. The first-order valence-electron chi connectivity index (χ1n) is 7.71. The molecule has 0 radical (unpaired) electrons. The van der Waals surface area contributed by atoms with Crippen LogP contribution in [-0.2, 0) is 9.47 Å². The third kappa shape index (κ3) is 3.61. The van der Waals surface area contributed by atoms with E-state index in [-0.39, 0.29) is 17.9 Å². The van der Waals surface area contributed by atoms with Crippen molar-refractivity contribution in [2.75, 3.05) is 26.9 Å². The predicted molar refractivity (Wildman–Crippen MR) is 84.8 cm³/mol. The molecular formula is C16H20N4O4. The lowest BCUT2D eigenvalue weighted by Crippen LogP contribution is -2.49. The molecular weight excluding hydrogens is 312 g/mol. The second-order valence-electron chi connectivity index (χ2n) is 5.69. The molecule has 0 saturated carbocycles. The smallest absolute Gasteiger partial charge is 0.251 e. The number of hydrogen-bond donors (Lipinski definition) is 2. The molecule has 1 amide bonds. The highest BCUT2D eigenvalue weighted by molar-refractivity contribution is 5.94. The summed E-state index contributed by atoms with van der Waals surface area (Å²) in [4.78, 5) is 12.2. The van der Waals surface area contributed by atoms with Crippen LogP contribution in [0.3, 0.4) is 0 Å². The summed E-state index contributed by atoms with van der Waals surface area (Å²) in [6.45, 7) is 1.09. The fraction of sp³-hybridized carbons (Fsp3) is 0.438. The topological polar surface area (TPSA) is 98.5 Å². The zero-order valence-corrected chi connectivity index (χ0v) is 13.3. The van der Waals surface area contributed by atoms with E-state index in [1.54, 1.807) is 29.4 Å². The number of benzene rings is 1. The number of methoxy groups -OCH3 is 1. The quantitative estimate of drug-likeness (QED) is 0.801. The van der Waals surface area contributed by atoms with Crippen LogP contribution in [0.5, 0.6) is 0 Å². The molecule has 0 bridgehead atoms. The van der Waals surface area contributed by atoms with E-state index >= 15 is 0 Å². The van der Waals surface area contributed by atoms with Crippen LogP contribution in [0, 0.1) is 5.92 Å². The molecule has 1 aliphatic heterocycles. The van der Waals surface area contributed by atoms with Gasteiger partial charge in [0.1, 0.15) is 18.8 Å². The predicted octanol–water partition coefficient (Wildman–Crippen LogP) is 0.0194. The van der Waals surface area contributed by atoms with Gasteiger partial charge in [-0.2, -0.15) is 0 Å². The van der Waals surface area contributed by atoms with Crippen LogP contribution in [0.25, 0.3) is 5.69 Å². The van der Waals surface area contributed by atoms with E-state index in [0.717, 1.165) is 5.69 Å². The maximum Gasteiger partial charge on any atom is 0.251 e. The minimum atomic E-state index is -0.653. The molecule has 8 nitrogen and oxygen atoms in total. The minimum Gasteiger partial charge on any atom is -0.390 e. The maximum absolute atomic E-state index is 12.2. The van der Waals surface area contributed by atoms with Gasteiger partial charge in [0, 0.05) is 30.8 Å². The van der Waals surface area contributed by atoms with Crippen molar-refractivity contribution in [1.82, 2.24) is 20.1 Å². The highest BCUT2D eigenvalue weighted by atomic mass is 16.5. The molecule has 3 rings (SSSR count). The van der Waals surface area contributed by atoms with E-state index in [1.807, 2.05) is 12.1 Å². The van der Waals surface area contributed by atoms with Crippen molar-refractivity contribution in [3.05, 3.63) is 42.5 Å². The number of ether oxygens (including phenoxy) is 2. The monoisotopic (exact) mass is 332 g/mol. The third-order valence-electron chi connectivity index (χ3n) is 4.15. The Kier molecular flexibility index (Phi) is 5.19. The molecule has 1 aromatic heterocycles. The first-order valence-corrected chi connectivity index (χ1v) is 7.71. The first-order chi connectivity index (χ1) is 11.7. The molecule has 1 aromatic carbocycles. The molecule has 1 aliphatic rings. The van der Waals surface area contributed by atoms with Gasteiger partial charge in [0.15, 0.2) is 0 Å². The molecule has 128 valence electrons. The van der Waals surface area contributed by atoms with E-state index in [1.165, 1.54) is 7.11 Å². The number of aliphatic hydroxyl groups excluding tert-OH is 1. The Morgan fingerprint density at radius 1 is 1.33 bits per heavy atom. The Morgan fingerprint density at radius 3 is 2.71 bits per heavy atom. The highest BCUT2D eigenvalue weighted by Crippen LogP contribution is 2.17.